The van der Waals surface area contributed by atoms with Crippen LogP contribution in [0.3, 0.4) is 0 Å². The second kappa shape index (κ2) is 6.37. The summed E-state index contributed by atoms with van der Waals surface area (Å²) in [5.74, 6) is 1.43. The van der Waals surface area contributed by atoms with Gasteiger partial charge in [0.15, 0.2) is 0 Å². The molecule has 1 aliphatic carbocycles. The van der Waals surface area contributed by atoms with Gasteiger partial charge >= 0.3 is 0 Å². The van der Waals surface area contributed by atoms with Crippen LogP contribution in [0.2, 0.25) is 0 Å². The first kappa shape index (κ1) is 18.3. The van der Waals surface area contributed by atoms with Crippen LogP contribution in [0.5, 0.6) is 11.5 Å². The second-order valence-electron chi connectivity index (χ2n) is 8.69. The number of nitriles is 1. The zero-order valence-corrected chi connectivity index (χ0v) is 17.7. The molecule has 2 nitrogen and oxygen atoms in total. The van der Waals surface area contributed by atoms with Crippen molar-refractivity contribution in [2.45, 2.75) is 5.41 Å². The lowest BCUT2D eigenvalue weighted by Crippen LogP contribution is -2.32. The highest BCUT2D eigenvalue weighted by atomic mass is 16.5. The van der Waals surface area contributed by atoms with Crippen molar-refractivity contribution in [3.63, 3.8) is 0 Å². The van der Waals surface area contributed by atoms with Gasteiger partial charge in [-0.15, -0.1) is 0 Å². The van der Waals surface area contributed by atoms with Crippen molar-refractivity contribution in [3.05, 3.63) is 125 Å². The molecule has 0 aromatic heterocycles. The van der Waals surface area contributed by atoms with Crippen LogP contribution in [0.15, 0.2) is 97.1 Å². The highest BCUT2D eigenvalue weighted by Gasteiger charge is 2.51. The molecule has 0 bridgehead atoms. The monoisotopic (exact) mass is 417 g/mol. The molecule has 1 spiro atoms. The Morgan fingerprint density at radius 1 is 0.697 bits per heavy atom. The smallest absolute Gasteiger partial charge is 0.133 e. The zero-order chi connectivity index (χ0) is 22.2. The van der Waals surface area contributed by atoms with Gasteiger partial charge in [0.05, 0.1) is 17.0 Å². The summed E-state index contributed by atoms with van der Waals surface area (Å²) in [5, 5.41) is 12.0. The topological polar surface area (TPSA) is 33.0 Å². The molecule has 5 aromatic rings. The van der Waals surface area contributed by atoms with Crippen LogP contribution in [0.4, 0.5) is 0 Å². The van der Waals surface area contributed by atoms with E-state index in [2.05, 4.69) is 72.8 Å². The zero-order valence-electron chi connectivity index (χ0n) is 17.7. The highest BCUT2D eigenvalue weighted by molar-refractivity contribution is 6.32. The van der Waals surface area contributed by atoms with Crippen molar-refractivity contribution in [2.75, 3.05) is 0 Å². The third-order valence-electron chi connectivity index (χ3n) is 7.08. The number of ether oxygens (including phenoxy) is 1. The largest absolute Gasteiger partial charge is 0.457 e. The first-order valence-electron chi connectivity index (χ1n) is 11.0. The Balaban J connectivity index is 1.72. The van der Waals surface area contributed by atoms with Crippen molar-refractivity contribution in [2.24, 2.45) is 0 Å². The van der Waals surface area contributed by atoms with E-state index in [1.807, 2.05) is 30.3 Å². The average molecular weight is 417 g/mol. The summed E-state index contributed by atoms with van der Waals surface area (Å²) in [4.78, 5) is 0. The van der Waals surface area contributed by atoms with E-state index in [1.165, 1.54) is 33.0 Å². The van der Waals surface area contributed by atoms with Gasteiger partial charge in [-0.3, -0.25) is 0 Å². The van der Waals surface area contributed by atoms with Crippen molar-refractivity contribution < 1.29 is 4.74 Å². The second-order valence-corrected chi connectivity index (χ2v) is 8.69. The lowest BCUT2D eigenvalue weighted by Gasteiger charge is -2.39. The summed E-state index contributed by atoms with van der Waals surface area (Å²) >= 11 is 0. The molecule has 7 rings (SSSR count). The minimum Gasteiger partial charge on any atom is -0.457 e. The molecule has 2 radical (unpaired) electrons. The first-order chi connectivity index (χ1) is 16.2. The number of hydrogen-bond acceptors (Lipinski definition) is 2. The summed E-state index contributed by atoms with van der Waals surface area (Å²) in [7, 11) is 6.18. The molecule has 2 aliphatic rings. The maximum Gasteiger partial charge on any atom is 0.133 e. The first-order valence-corrected chi connectivity index (χ1v) is 11.0. The summed E-state index contributed by atoms with van der Waals surface area (Å²) in [6, 6.07) is 35.6. The Labute approximate surface area is 193 Å². The molecule has 3 heteroatoms. The van der Waals surface area contributed by atoms with E-state index in [0.717, 1.165) is 16.9 Å². The van der Waals surface area contributed by atoms with E-state index in [-0.39, 0.29) is 0 Å². The number of fused-ring (bicyclic) bond motifs is 11. The molecule has 0 saturated heterocycles. The molecule has 1 heterocycles. The predicted molar refractivity (Wildman–Crippen MR) is 131 cm³/mol. The quantitative estimate of drug-likeness (QED) is 0.285. The van der Waals surface area contributed by atoms with E-state index < -0.39 is 5.41 Å². The van der Waals surface area contributed by atoms with E-state index in [9.17, 15) is 5.26 Å². The Kier molecular flexibility index (Phi) is 3.53. The summed E-state index contributed by atoms with van der Waals surface area (Å²) < 4.78 is 6.37. The van der Waals surface area contributed by atoms with Crippen LogP contribution >= 0.6 is 0 Å². The molecule has 5 aromatic carbocycles. The van der Waals surface area contributed by atoms with Crippen molar-refractivity contribution >= 4 is 24.1 Å². The Morgan fingerprint density at radius 2 is 1.42 bits per heavy atom. The van der Waals surface area contributed by atoms with Gasteiger partial charge < -0.3 is 4.74 Å². The molecule has 0 fully saturated rings. The Morgan fingerprint density at radius 3 is 2.30 bits per heavy atom. The summed E-state index contributed by atoms with van der Waals surface area (Å²) in [6.45, 7) is 0. The van der Waals surface area contributed by atoms with Crippen LogP contribution in [0.1, 0.15) is 27.8 Å². The van der Waals surface area contributed by atoms with Crippen LogP contribution in [-0.4, -0.2) is 7.85 Å². The number of benzene rings is 5. The molecule has 33 heavy (non-hydrogen) atoms. The summed E-state index contributed by atoms with van der Waals surface area (Å²) in [5.41, 5.74) is 7.69. The van der Waals surface area contributed by atoms with Crippen LogP contribution in [0, 0.1) is 11.3 Å². The normalized spacial score (nSPS) is 16.9. The van der Waals surface area contributed by atoms with Gasteiger partial charge in [0.1, 0.15) is 19.3 Å². The molecular weight excluding hydrogens is 401 g/mol. The molecule has 1 unspecified atom stereocenters. The molecule has 1 aliphatic heterocycles. The van der Waals surface area contributed by atoms with Crippen molar-refractivity contribution in [1.82, 2.24) is 0 Å². The van der Waals surface area contributed by atoms with Crippen LogP contribution in [0.25, 0.3) is 21.9 Å². The van der Waals surface area contributed by atoms with Crippen molar-refractivity contribution in [1.29, 1.82) is 5.26 Å². The van der Waals surface area contributed by atoms with Gasteiger partial charge in [-0.25, -0.2) is 0 Å². The third kappa shape index (κ3) is 2.23. The average Bonchev–Trinajstić information content (AvgIpc) is 3.15. The van der Waals surface area contributed by atoms with Gasteiger partial charge in [0, 0.05) is 11.1 Å². The fraction of sp³-hybridized carbons (Fsp3) is 0.0333. The van der Waals surface area contributed by atoms with E-state index in [0.29, 0.717) is 16.8 Å². The standard InChI is InChI=1S/C30H16BNO/c31-20-11-14-25-28(16-20)33-27-15-18(17-32)9-12-24(27)30(25)23-8-4-3-7-22(23)29-21-6-2-1-5-19(21)10-13-26(29)30/h1-16H. The molecule has 1 atom stereocenters. The van der Waals surface area contributed by atoms with Gasteiger partial charge in [0.25, 0.3) is 0 Å². The minimum absolute atomic E-state index is 0.555. The summed E-state index contributed by atoms with van der Waals surface area (Å²) in [6.07, 6.45) is 0. The molecule has 0 amide bonds. The Bertz CT molecular complexity index is 1680. The fourth-order valence-electron chi connectivity index (χ4n) is 5.81. The number of rotatable bonds is 0. The van der Waals surface area contributed by atoms with Crippen molar-refractivity contribution in [3.8, 4) is 28.7 Å². The van der Waals surface area contributed by atoms with Gasteiger partial charge in [0.2, 0.25) is 0 Å². The maximum absolute atomic E-state index is 9.54. The number of nitrogens with zero attached hydrogens (tertiary/aromatic N) is 1. The van der Waals surface area contributed by atoms with Crippen LogP contribution < -0.4 is 10.2 Å². The third-order valence-corrected chi connectivity index (χ3v) is 7.08. The minimum atomic E-state index is -0.555. The van der Waals surface area contributed by atoms with Gasteiger partial charge in [-0.1, -0.05) is 84.3 Å². The fourth-order valence-corrected chi connectivity index (χ4v) is 5.81. The van der Waals surface area contributed by atoms with E-state index >= 15 is 0 Å². The SMILES string of the molecule is [B]c1ccc2c(c1)Oc1cc(C#N)ccc1C21c2ccccc2-c2c1ccc1ccccc21. The van der Waals surface area contributed by atoms with Gasteiger partial charge in [-0.05, 0) is 51.2 Å². The Hall–Kier alpha value is -4.29. The van der Waals surface area contributed by atoms with E-state index in [4.69, 9.17) is 12.6 Å². The lowest BCUT2D eigenvalue weighted by atomic mass is 9.65. The van der Waals surface area contributed by atoms with Gasteiger partial charge in [-0.2, -0.15) is 5.26 Å². The highest BCUT2D eigenvalue weighted by Crippen LogP contribution is 2.62. The van der Waals surface area contributed by atoms with E-state index in [1.54, 1.807) is 0 Å². The lowest BCUT2D eigenvalue weighted by molar-refractivity contribution is 0.436. The predicted octanol–water partition coefficient (Wildman–Crippen LogP) is 5.97. The number of hydrogen-bond donors (Lipinski definition) is 0. The molecule has 0 saturated carbocycles. The molecule has 0 N–H and O–H groups in total. The van der Waals surface area contributed by atoms with Crippen LogP contribution in [-0.2, 0) is 5.41 Å². The molecule has 150 valence electrons. The molecular formula is C30H16BNO. The maximum atomic E-state index is 9.54.